The first-order valence-corrected chi connectivity index (χ1v) is 13.1. The normalized spacial score (nSPS) is 14.5. The molecule has 1 amide bonds. The number of nitrogen functional groups attached to an aromatic ring is 1. The number of fused-ring (bicyclic) bond motifs is 1. The molecule has 1 aromatic carbocycles. The number of nitrogens with zero attached hydrogens (tertiary/aromatic N) is 5. The highest BCUT2D eigenvalue weighted by Gasteiger charge is 2.23. The second kappa shape index (κ2) is 10.9. The minimum absolute atomic E-state index is 0.0283. The van der Waals surface area contributed by atoms with E-state index in [0.717, 1.165) is 60.2 Å². The quantitative estimate of drug-likeness (QED) is 0.377. The monoisotopic (exact) mass is 526 g/mol. The minimum Gasteiger partial charge on any atom is -0.465 e. The molecule has 39 heavy (non-hydrogen) atoms. The van der Waals surface area contributed by atoms with E-state index in [-0.39, 0.29) is 17.3 Å². The molecular weight excluding hydrogens is 492 g/mol. The Labute approximate surface area is 228 Å². The summed E-state index contributed by atoms with van der Waals surface area (Å²) in [5, 5.41) is 1.000. The highest BCUT2D eigenvalue weighted by molar-refractivity contribution is 5.98. The average Bonchev–Trinajstić information content (AvgIpc) is 3.28. The Morgan fingerprint density at radius 3 is 2.46 bits per heavy atom. The van der Waals surface area contributed by atoms with Gasteiger partial charge < -0.3 is 19.9 Å². The van der Waals surface area contributed by atoms with Crippen molar-refractivity contribution < 1.29 is 14.3 Å². The fourth-order valence-electron chi connectivity index (χ4n) is 5.38. The molecule has 1 aliphatic heterocycles. The van der Waals surface area contributed by atoms with Crippen LogP contribution in [0.2, 0.25) is 0 Å². The van der Waals surface area contributed by atoms with Crippen molar-refractivity contribution in [1.29, 1.82) is 0 Å². The minimum atomic E-state index is -0.512. The van der Waals surface area contributed by atoms with E-state index in [1.165, 1.54) is 18.4 Å². The van der Waals surface area contributed by atoms with Gasteiger partial charge in [-0.25, -0.2) is 14.8 Å². The first kappa shape index (κ1) is 26.4. The van der Waals surface area contributed by atoms with Crippen molar-refractivity contribution in [1.82, 2.24) is 24.3 Å². The van der Waals surface area contributed by atoms with Gasteiger partial charge in [-0.2, -0.15) is 0 Å². The van der Waals surface area contributed by atoms with Gasteiger partial charge in [0.2, 0.25) is 0 Å². The van der Waals surface area contributed by atoms with Gasteiger partial charge in [0.15, 0.2) is 0 Å². The van der Waals surface area contributed by atoms with Crippen molar-refractivity contribution in [3.05, 3.63) is 77.2 Å². The Bertz CT molecular complexity index is 1520. The zero-order chi connectivity index (χ0) is 27.7. The van der Waals surface area contributed by atoms with Crippen molar-refractivity contribution in [2.75, 3.05) is 40.0 Å². The predicted molar refractivity (Wildman–Crippen MR) is 151 cm³/mol. The van der Waals surface area contributed by atoms with E-state index in [1.807, 2.05) is 25.2 Å². The summed E-state index contributed by atoms with van der Waals surface area (Å²) < 4.78 is 7.00. The van der Waals surface area contributed by atoms with E-state index in [4.69, 9.17) is 10.5 Å². The van der Waals surface area contributed by atoms with Crippen LogP contribution in [0.1, 0.15) is 50.7 Å². The lowest BCUT2D eigenvalue weighted by molar-refractivity contribution is 0.0601. The molecule has 0 aliphatic carbocycles. The number of carbonyl (C=O) groups excluding carboxylic acids is 2. The number of hydrogen-bond donors (Lipinski definition) is 1. The third-order valence-electron chi connectivity index (χ3n) is 7.67. The highest BCUT2D eigenvalue weighted by Crippen LogP contribution is 2.33. The van der Waals surface area contributed by atoms with Crippen molar-refractivity contribution in [2.45, 2.75) is 25.3 Å². The maximum absolute atomic E-state index is 12.2. The van der Waals surface area contributed by atoms with Gasteiger partial charge in [0.05, 0.1) is 7.11 Å². The molecule has 1 aliphatic rings. The van der Waals surface area contributed by atoms with Gasteiger partial charge in [0, 0.05) is 62.3 Å². The van der Waals surface area contributed by atoms with Crippen molar-refractivity contribution >= 4 is 28.7 Å². The standard InChI is InChI=1S/C30H34N6O3/c1-34(2)29(37)21-7-5-19(6-8-21)20-10-13-36(14-11-20)18-23-16-25-24(9-12-32-28(25)35(23)3)22-15-26(30(38)39-4)27(31)33-17-22/h5-9,12,15-17,20H,10-11,13-14,18H2,1-4H3,(H2,31,33). The van der Waals surface area contributed by atoms with Crippen LogP contribution >= 0.6 is 0 Å². The average molecular weight is 527 g/mol. The molecule has 0 spiro atoms. The largest absolute Gasteiger partial charge is 0.465 e. The van der Waals surface area contributed by atoms with Crippen LogP contribution in [-0.4, -0.2) is 70.5 Å². The maximum atomic E-state index is 12.2. The molecule has 1 saturated heterocycles. The Morgan fingerprint density at radius 1 is 1.08 bits per heavy atom. The molecule has 0 unspecified atom stereocenters. The number of carbonyl (C=O) groups is 2. The Hall–Kier alpha value is -4.24. The molecule has 2 N–H and O–H groups in total. The van der Waals surface area contributed by atoms with Crippen LogP contribution < -0.4 is 5.73 Å². The van der Waals surface area contributed by atoms with Crippen LogP contribution in [0.5, 0.6) is 0 Å². The van der Waals surface area contributed by atoms with E-state index < -0.39 is 5.97 Å². The predicted octanol–water partition coefficient (Wildman–Crippen LogP) is 4.09. The number of anilines is 1. The fraction of sp³-hybridized carbons (Fsp3) is 0.333. The van der Waals surface area contributed by atoms with Gasteiger partial charge in [-0.05, 0) is 73.3 Å². The molecule has 3 aromatic heterocycles. The number of rotatable bonds is 6. The van der Waals surface area contributed by atoms with Gasteiger partial charge in [0.25, 0.3) is 5.91 Å². The zero-order valence-corrected chi connectivity index (χ0v) is 22.8. The molecule has 0 bridgehead atoms. The third kappa shape index (κ3) is 5.22. The van der Waals surface area contributed by atoms with E-state index in [9.17, 15) is 9.59 Å². The molecule has 0 saturated carbocycles. The van der Waals surface area contributed by atoms with Gasteiger partial charge >= 0.3 is 5.97 Å². The summed E-state index contributed by atoms with van der Waals surface area (Å²) >= 11 is 0. The Morgan fingerprint density at radius 2 is 1.79 bits per heavy atom. The number of nitrogens with two attached hydrogens (primary N) is 1. The van der Waals surface area contributed by atoms with E-state index in [1.54, 1.807) is 37.5 Å². The van der Waals surface area contributed by atoms with Gasteiger partial charge in [-0.15, -0.1) is 0 Å². The van der Waals surface area contributed by atoms with Crippen LogP contribution in [0.25, 0.3) is 22.2 Å². The number of esters is 1. The van der Waals surface area contributed by atoms with Crippen molar-refractivity contribution in [3.63, 3.8) is 0 Å². The van der Waals surface area contributed by atoms with Crippen molar-refractivity contribution in [2.24, 2.45) is 7.05 Å². The van der Waals surface area contributed by atoms with Crippen LogP contribution in [0.4, 0.5) is 5.82 Å². The number of ether oxygens (including phenoxy) is 1. The smallest absolute Gasteiger partial charge is 0.341 e. The van der Waals surface area contributed by atoms with Gasteiger partial charge in [-0.3, -0.25) is 9.69 Å². The number of aryl methyl sites for hydroxylation is 1. The van der Waals surface area contributed by atoms with E-state index in [2.05, 4.69) is 37.6 Å². The SMILES string of the molecule is COC(=O)c1cc(-c2ccnc3c2cc(CN2CCC(c4ccc(C(=O)N(C)C)cc4)CC2)n3C)cnc1N. The molecule has 9 heteroatoms. The Kier molecular flexibility index (Phi) is 7.34. The van der Waals surface area contributed by atoms with Gasteiger partial charge in [0.1, 0.15) is 17.0 Å². The van der Waals surface area contributed by atoms with Crippen LogP contribution in [0, 0.1) is 0 Å². The van der Waals surface area contributed by atoms with Gasteiger partial charge in [-0.1, -0.05) is 12.1 Å². The van der Waals surface area contributed by atoms with Crippen LogP contribution in [0.3, 0.4) is 0 Å². The maximum Gasteiger partial charge on any atom is 0.341 e. The number of likely N-dealkylation sites (tertiary alicyclic amines) is 1. The lowest BCUT2D eigenvalue weighted by Crippen LogP contribution is -2.33. The fourth-order valence-corrected chi connectivity index (χ4v) is 5.38. The second-order valence-corrected chi connectivity index (χ2v) is 10.3. The zero-order valence-electron chi connectivity index (χ0n) is 22.8. The Balaban J connectivity index is 1.31. The number of hydrogen-bond acceptors (Lipinski definition) is 7. The molecule has 202 valence electrons. The second-order valence-electron chi connectivity index (χ2n) is 10.3. The summed E-state index contributed by atoms with van der Waals surface area (Å²) in [6.45, 7) is 2.81. The lowest BCUT2D eigenvalue weighted by atomic mass is 9.89. The molecule has 5 rings (SSSR count). The molecule has 4 aromatic rings. The topological polar surface area (TPSA) is 107 Å². The molecule has 0 radical (unpaired) electrons. The lowest BCUT2D eigenvalue weighted by Gasteiger charge is -2.32. The van der Waals surface area contributed by atoms with E-state index >= 15 is 0 Å². The highest BCUT2D eigenvalue weighted by atomic mass is 16.5. The molecule has 9 nitrogen and oxygen atoms in total. The number of methoxy groups -OCH3 is 1. The van der Waals surface area contributed by atoms with Crippen molar-refractivity contribution in [3.8, 4) is 11.1 Å². The first-order chi connectivity index (χ1) is 18.8. The third-order valence-corrected chi connectivity index (χ3v) is 7.67. The summed E-state index contributed by atoms with van der Waals surface area (Å²) in [7, 11) is 6.91. The number of benzene rings is 1. The summed E-state index contributed by atoms with van der Waals surface area (Å²) in [6, 6.07) is 13.9. The number of aromatic nitrogens is 3. The number of amides is 1. The van der Waals surface area contributed by atoms with Crippen LogP contribution in [0.15, 0.2) is 54.9 Å². The van der Waals surface area contributed by atoms with E-state index in [0.29, 0.717) is 5.92 Å². The summed E-state index contributed by atoms with van der Waals surface area (Å²) in [4.78, 5) is 37.3. The number of piperidine rings is 1. The first-order valence-electron chi connectivity index (χ1n) is 13.1. The summed E-state index contributed by atoms with van der Waals surface area (Å²) in [6.07, 6.45) is 5.60. The molecule has 0 atom stereocenters. The van der Waals surface area contributed by atoms with Crippen LogP contribution in [-0.2, 0) is 18.3 Å². The molecule has 1 fully saturated rings. The molecule has 4 heterocycles. The number of pyridine rings is 2. The summed E-state index contributed by atoms with van der Waals surface area (Å²) in [5.74, 6) is 0.154. The molecular formula is C30H34N6O3. The summed E-state index contributed by atoms with van der Waals surface area (Å²) in [5.41, 5.74) is 12.0.